The number of rotatable bonds is 3. The molecule has 0 saturated carbocycles. The number of hydrogen-bond acceptors (Lipinski definition) is 6. The van der Waals surface area contributed by atoms with E-state index >= 15 is 0 Å². The van der Waals surface area contributed by atoms with Gasteiger partial charge in [-0.15, -0.1) is 0 Å². The average Bonchev–Trinajstić information content (AvgIpc) is 3.22. The molecule has 0 saturated heterocycles. The fraction of sp³-hybridized carbons (Fsp3) is 0.0500. The molecular formula is C20H13ClN6OS. The molecule has 0 aliphatic rings. The van der Waals surface area contributed by atoms with Crippen molar-refractivity contribution in [1.82, 2.24) is 29.5 Å². The second kappa shape index (κ2) is 6.98. The van der Waals surface area contributed by atoms with Crippen molar-refractivity contribution in [3.05, 3.63) is 88.1 Å². The van der Waals surface area contributed by atoms with Crippen LogP contribution in [-0.2, 0) is 0 Å². The Bertz CT molecular complexity index is 1430. The highest BCUT2D eigenvalue weighted by atomic mass is 35.5. The standard InChI is InChI=1S/C20H13ClN6OS/c21-11-4-3-5-12(8-11)27-19(26-14-7-2-1-6-13(14)20(27)28)17(29)15-16-18(24-9-22-15)25-10-23-16/h1-10,17,29H,(H,22,23,24,25). The molecule has 3 heterocycles. The summed E-state index contributed by atoms with van der Waals surface area (Å²) in [5, 5.41) is 0.394. The highest BCUT2D eigenvalue weighted by molar-refractivity contribution is 7.80. The van der Waals surface area contributed by atoms with E-state index in [1.807, 2.05) is 12.1 Å². The van der Waals surface area contributed by atoms with Gasteiger partial charge in [-0.05, 0) is 30.3 Å². The minimum Gasteiger partial charge on any atom is -0.329 e. The molecule has 0 spiro atoms. The zero-order valence-corrected chi connectivity index (χ0v) is 16.5. The quantitative estimate of drug-likeness (QED) is 0.434. The molecule has 0 fully saturated rings. The van der Waals surface area contributed by atoms with E-state index in [1.54, 1.807) is 42.7 Å². The maximum absolute atomic E-state index is 13.4. The maximum atomic E-state index is 13.4. The van der Waals surface area contributed by atoms with Gasteiger partial charge in [0.15, 0.2) is 5.65 Å². The molecular weight excluding hydrogens is 408 g/mol. The van der Waals surface area contributed by atoms with Gasteiger partial charge < -0.3 is 4.98 Å². The van der Waals surface area contributed by atoms with Crippen molar-refractivity contribution >= 4 is 46.3 Å². The van der Waals surface area contributed by atoms with Crippen molar-refractivity contribution in [2.75, 3.05) is 0 Å². The van der Waals surface area contributed by atoms with E-state index in [9.17, 15) is 4.79 Å². The third-order valence-corrected chi connectivity index (χ3v) is 5.33. The number of para-hydroxylation sites is 1. The van der Waals surface area contributed by atoms with Gasteiger partial charge in [-0.1, -0.05) is 29.8 Å². The fourth-order valence-electron chi connectivity index (χ4n) is 3.30. The molecule has 3 aromatic heterocycles. The third kappa shape index (κ3) is 2.97. The van der Waals surface area contributed by atoms with E-state index in [0.29, 0.717) is 44.3 Å². The van der Waals surface area contributed by atoms with Crippen LogP contribution in [0, 0.1) is 0 Å². The Morgan fingerprint density at radius 3 is 2.79 bits per heavy atom. The number of benzene rings is 2. The van der Waals surface area contributed by atoms with Crippen molar-refractivity contribution in [2.24, 2.45) is 0 Å². The topological polar surface area (TPSA) is 89.3 Å². The van der Waals surface area contributed by atoms with E-state index in [-0.39, 0.29) is 5.56 Å². The molecule has 0 amide bonds. The molecule has 1 atom stereocenters. The van der Waals surface area contributed by atoms with Gasteiger partial charge >= 0.3 is 0 Å². The van der Waals surface area contributed by atoms with Gasteiger partial charge in [-0.2, -0.15) is 12.6 Å². The van der Waals surface area contributed by atoms with E-state index < -0.39 is 5.25 Å². The normalized spacial score (nSPS) is 12.5. The highest BCUT2D eigenvalue weighted by Crippen LogP contribution is 2.31. The molecule has 0 bridgehead atoms. The summed E-state index contributed by atoms with van der Waals surface area (Å²) in [6, 6.07) is 14.3. The second-order valence-electron chi connectivity index (χ2n) is 6.37. The summed E-state index contributed by atoms with van der Waals surface area (Å²) in [7, 11) is 0. The minimum atomic E-state index is -0.625. The largest absolute Gasteiger partial charge is 0.329 e. The van der Waals surface area contributed by atoms with Crippen LogP contribution in [-0.4, -0.2) is 29.5 Å². The summed E-state index contributed by atoms with van der Waals surface area (Å²) >= 11 is 11.0. The van der Waals surface area contributed by atoms with E-state index in [0.717, 1.165) is 0 Å². The Labute approximate surface area is 174 Å². The Balaban J connectivity index is 1.84. The molecule has 5 aromatic rings. The number of nitrogens with one attached hydrogen (secondary N) is 1. The number of fused-ring (bicyclic) bond motifs is 2. The first-order chi connectivity index (χ1) is 14.1. The van der Waals surface area contributed by atoms with Crippen LogP contribution in [0.4, 0.5) is 0 Å². The molecule has 5 rings (SSSR count). The van der Waals surface area contributed by atoms with E-state index in [1.165, 1.54) is 10.9 Å². The van der Waals surface area contributed by atoms with Crippen molar-refractivity contribution in [3.8, 4) is 5.69 Å². The molecule has 29 heavy (non-hydrogen) atoms. The molecule has 7 nitrogen and oxygen atoms in total. The zero-order chi connectivity index (χ0) is 20.0. The number of H-pyrrole nitrogens is 1. The van der Waals surface area contributed by atoms with Crippen LogP contribution in [0.15, 0.2) is 66.0 Å². The fourth-order valence-corrected chi connectivity index (χ4v) is 3.85. The molecule has 0 aliphatic heterocycles. The van der Waals surface area contributed by atoms with Crippen LogP contribution in [0.25, 0.3) is 27.8 Å². The molecule has 0 radical (unpaired) electrons. The van der Waals surface area contributed by atoms with Gasteiger partial charge in [0.25, 0.3) is 5.56 Å². The summed E-state index contributed by atoms with van der Waals surface area (Å²) in [4.78, 5) is 33.9. The molecule has 0 aliphatic carbocycles. The lowest BCUT2D eigenvalue weighted by atomic mass is 10.2. The SMILES string of the molecule is O=c1c2ccccc2nc(C(S)c2ncnc3[nH]cnc23)n1-c1cccc(Cl)c1. The van der Waals surface area contributed by atoms with E-state index in [4.69, 9.17) is 29.2 Å². The number of aromatic amines is 1. The van der Waals surface area contributed by atoms with Gasteiger partial charge in [0.05, 0.1) is 28.6 Å². The Morgan fingerprint density at radius 1 is 1.07 bits per heavy atom. The van der Waals surface area contributed by atoms with Crippen molar-refractivity contribution in [2.45, 2.75) is 5.25 Å². The highest BCUT2D eigenvalue weighted by Gasteiger charge is 2.24. The summed E-state index contributed by atoms with van der Waals surface area (Å²) in [5.74, 6) is 0.419. The molecule has 1 N–H and O–H groups in total. The summed E-state index contributed by atoms with van der Waals surface area (Å²) < 4.78 is 1.52. The minimum absolute atomic E-state index is 0.209. The van der Waals surface area contributed by atoms with Gasteiger partial charge in [0.2, 0.25) is 0 Å². The lowest BCUT2D eigenvalue weighted by molar-refractivity contribution is 0.829. The van der Waals surface area contributed by atoms with Gasteiger partial charge in [-0.25, -0.2) is 19.9 Å². The first kappa shape index (κ1) is 17.8. The van der Waals surface area contributed by atoms with Crippen LogP contribution < -0.4 is 5.56 Å². The first-order valence-corrected chi connectivity index (χ1v) is 9.62. The second-order valence-corrected chi connectivity index (χ2v) is 7.32. The smallest absolute Gasteiger partial charge is 0.266 e. The first-order valence-electron chi connectivity index (χ1n) is 8.73. The lowest BCUT2D eigenvalue weighted by Crippen LogP contribution is -2.25. The average molecular weight is 421 g/mol. The predicted octanol–water partition coefficient (Wildman–Crippen LogP) is 3.72. The summed E-state index contributed by atoms with van der Waals surface area (Å²) in [6.07, 6.45) is 2.98. The molecule has 2 aromatic carbocycles. The van der Waals surface area contributed by atoms with Crippen LogP contribution >= 0.6 is 24.2 Å². The Morgan fingerprint density at radius 2 is 1.93 bits per heavy atom. The van der Waals surface area contributed by atoms with Gasteiger partial charge in [0, 0.05) is 5.02 Å². The molecule has 142 valence electrons. The number of aromatic nitrogens is 6. The van der Waals surface area contributed by atoms with Crippen LogP contribution in [0.1, 0.15) is 16.8 Å². The van der Waals surface area contributed by atoms with Crippen LogP contribution in [0.3, 0.4) is 0 Å². The lowest BCUT2D eigenvalue weighted by Gasteiger charge is -2.18. The number of hydrogen-bond donors (Lipinski definition) is 2. The Hall–Kier alpha value is -3.23. The number of nitrogens with zero attached hydrogens (tertiary/aromatic N) is 5. The number of halogens is 1. The zero-order valence-electron chi connectivity index (χ0n) is 14.8. The molecule has 9 heteroatoms. The van der Waals surface area contributed by atoms with Gasteiger partial charge in [-0.3, -0.25) is 9.36 Å². The van der Waals surface area contributed by atoms with Crippen LogP contribution in [0.2, 0.25) is 5.02 Å². The molecule has 1 unspecified atom stereocenters. The summed E-state index contributed by atoms with van der Waals surface area (Å²) in [6.45, 7) is 0. The Kier molecular flexibility index (Phi) is 4.30. The van der Waals surface area contributed by atoms with Gasteiger partial charge in [0.1, 0.15) is 22.9 Å². The number of imidazole rings is 1. The number of thiol groups is 1. The summed E-state index contributed by atoms with van der Waals surface area (Å²) in [5.41, 5.74) is 2.69. The van der Waals surface area contributed by atoms with Crippen molar-refractivity contribution in [3.63, 3.8) is 0 Å². The van der Waals surface area contributed by atoms with Crippen LogP contribution in [0.5, 0.6) is 0 Å². The van der Waals surface area contributed by atoms with Crippen molar-refractivity contribution < 1.29 is 0 Å². The monoisotopic (exact) mass is 420 g/mol. The predicted molar refractivity (Wildman–Crippen MR) is 115 cm³/mol. The maximum Gasteiger partial charge on any atom is 0.266 e. The third-order valence-electron chi connectivity index (χ3n) is 4.62. The van der Waals surface area contributed by atoms with Crippen molar-refractivity contribution in [1.29, 1.82) is 0 Å². The van der Waals surface area contributed by atoms with E-state index in [2.05, 4.69) is 19.9 Å².